The van der Waals surface area contributed by atoms with E-state index >= 15 is 0 Å². The molecule has 0 spiro atoms. The molecule has 0 N–H and O–H groups in total. The lowest BCUT2D eigenvalue weighted by molar-refractivity contribution is 0.206. The van der Waals surface area contributed by atoms with Gasteiger partial charge in [-0.1, -0.05) is 49.1 Å². The highest BCUT2D eigenvalue weighted by molar-refractivity contribution is 7.89. The zero-order valence-electron chi connectivity index (χ0n) is 14.8. The summed E-state index contributed by atoms with van der Waals surface area (Å²) in [4.78, 5) is 0.440. The second kappa shape index (κ2) is 7.40. The van der Waals surface area contributed by atoms with E-state index in [4.69, 9.17) is 0 Å². The highest BCUT2D eigenvalue weighted by atomic mass is 32.2. The summed E-state index contributed by atoms with van der Waals surface area (Å²) in [5.41, 5.74) is 1.09. The third-order valence-corrected chi connectivity index (χ3v) is 7.57. The Bertz CT molecular complexity index is 672. The van der Waals surface area contributed by atoms with Gasteiger partial charge < -0.3 is 0 Å². The van der Waals surface area contributed by atoms with E-state index in [-0.39, 0.29) is 6.04 Å². The standard InChI is InChI=1S/C20H29NO2S/c1-3-7-17-14-15-21(20(17)18-8-5-4-6-9-18)24(22,23)19-12-10-16(2)11-13-19/h3,7,10-13,17-18,20H,4-6,8-9,14-15H2,1-2H3/b7-3+/t17-,20-/m0/s1. The van der Waals surface area contributed by atoms with Gasteiger partial charge in [-0.05, 0) is 57.1 Å². The lowest BCUT2D eigenvalue weighted by atomic mass is 9.79. The first-order chi connectivity index (χ1) is 11.5. The predicted octanol–water partition coefficient (Wildman–Crippen LogP) is 4.53. The van der Waals surface area contributed by atoms with Gasteiger partial charge in [-0.3, -0.25) is 0 Å². The average Bonchev–Trinajstić information content (AvgIpc) is 3.01. The van der Waals surface area contributed by atoms with Crippen LogP contribution in [0.25, 0.3) is 0 Å². The van der Waals surface area contributed by atoms with Crippen molar-refractivity contribution in [2.24, 2.45) is 11.8 Å². The first kappa shape index (κ1) is 17.7. The van der Waals surface area contributed by atoms with Crippen LogP contribution in [0.1, 0.15) is 51.0 Å². The lowest BCUT2D eigenvalue weighted by Gasteiger charge is -2.35. The van der Waals surface area contributed by atoms with Crippen molar-refractivity contribution >= 4 is 10.0 Å². The number of aryl methyl sites for hydroxylation is 1. The molecule has 132 valence electrons. The fourth-order valence-electron chi connectivity index (χ4n) is 4.45. The van der Waals surface area contributed by atoms with Gasteiger partial charge in [0.15, 0.2) is 0 Å². The second-order valence-corrected chi connectivity index (χ2v) is 9.19. The number of hydrogen-bond acceptors (Lipinski definition) is 2. The second-order valence-electron chi connectivity index (χ2n) is 7.30. The van der Waals surface area contributed by atoms with E-state index < -0.39 is 10.0 Å². The third-order valence-electron chi connectivity index (χ3n) is 5.65. The van der Waals surface area contributed by atoms with E-state index in [1.165, 1.54) is 32.1 Å². The summed E-state index contributed by atoms with van der Waals surface area (Å²) in [5, 5.41) is 0. The van der Waals surface area contributed by atoms with Crippen molar-refractivity contribution in [2.75, 3.05) is 6.54 Å². The van der Waals surface area contributed by atoms with Gasteiger partial charge >= 0.3 is 0 Å². The van der Waals surface area contributed by atoms with Crippen molar-refractivity contribution in [1.29, 1.82) is 0 Å². The van der Waals surface area contributed by atoms with E-state index in [1.54, 1.807) is 12.1 Å². The molecule has 4 heteroatoms. The summed E-state index contributed by atoms with van der Waals surface area (Å²) in [7, 11) is -3.41. The molecule has 2 atom stereocenters. The summed E-state index contributed by atoms with van der Waals surface area (Å²) in [6.07, 6.45) is 11.4. The highest BCUT2D eigenvalue weighted by Crippen LogP contribution is 2.40. The fourth-order valence-corrected chi connectivity index (χ4v) is 6.20. The van der Waals surface area contributed by atoms with Crippen LogP contribution in [0, 0.1) is 18.8 Å². The maximum Gasteiger partial charge on any atom is 0.243 e. The Morgan fingerprint density at radius 3 is 2.33 bits per heavy atom. The highest BCUT2D eigenvalue weighted by Gasteiger charge is 2.44. The molecule has 0 aromatic heterocycles. The normalized spacial score (nSPS) is 27.1. The number of nitrogens with zero attached hydrogens (tertiary/aromatic N) is 1. The van der Waals surface area contributed by atoms with Gasteiger partial charge in [0.2, 0.25) is 10.0 Å². The molecular formula is C20H29NO2S. The van der Waals surface area contributed by atoms with Crippen LogP contribution in [0.5, 0.6) is 0 Å². The van der Waals surface area contributed by atoms with Crippen LogP contribution in [-0.4, -0.2) is 25.3 Å². The van der Waals surface area contributed by atoms with Crippen molar-refractivity contribution in [2.45, 2.75) is 63.3 Å². The van der Waals surface area contributed by atoms with Crippen molar-refractivity contribution < 1.29 is 8.42 Å². The molecule has 2 aliphatic rings. The van der Waals surface area contributed by atoms with Crippen molar-refractivity contribution in [3.8, 4) is 0 Å². The van der Waals surface area contributed by atoms with Gasteiger partial charge in [0.25, 0.3) is 0 Å². The molecule has 1 saturated carbocycles. The van der Waals surface area contributed by atoms with Gasteiger partial charge in [-0.25, -0.2) is 8.42 Å². The maximum absolute atomic E-state index is 13.3. The molecule has 0 radical (unpaired) electrons. The number of sulfonamides is 1. The Morgan fingerprint density at radius 2 is 1.71 bits per heavy atom. The van der Waals surface area contributed by atoms with Crippen LogP contribution in [0.15, 0.2) is 41.3 Å². The lowest BCUT2D eigenvalue weighted by Crippen LogP contribution is -2.43. The molecule has 3 rings (SSSR count). The number of benzene rings is 1. The fraction of sp³-hybridized carbons (Fsp3) is 0.600. The van der Waals surface area contributed by atoms with E-state index in [0.29, 0.717) is 23.3 Å². The number of allylic oxidation sites excluding steroid dienone is 1. The molecule has 24 heavy (non-hydrogen) atoms. The maximum atomic E-state index is 13.3. The van der Waals surface area contributed by atoms with Gasteiger partial charge in [-0.15, -0.1) is 0 Å². The topological polar surface area (TPSA) is 37.4 Å². The summed E-state index contributed by atoms with van der Waals surface area (Å²) in [6, 6.07) is 7.43. The van der Waals surface area contributed by atoms with Crippen LogP contribution in [0.3, 0.4) is 0 Å². The summed E-state index contributed by atoms with van der Waals surface area (Å²) < 4.78 is 28.3. The smallest absolute Gasteiger partial charge is 0.207 e. The Kier molecular flexibility index (Phi) is 5.46. The summed E-state index contributed by atoms with van der Waals surface area (Å²) >= 11 is 0. The quantitative estimate of drug-likeness (QED) is 0.750. The number of rotatable bonds is 4. The van der Waals surface area contributed by atoms with Crippen molar-refractivity contribution in [1.82, 2.24) is 4.31 Å². The van der Waals surface area contributed by atoms with Crippen LogP contribution in [-0.2, 0) is 10.0 Å². The van der Waals surface area contributed by atoms with Crippen molar-refractivity contribution in [3.63, 3.8) is 0 Å². The molecule has 1 aliphatic heterocycles. The average molecular weight is 348 g/mol. The molecule has 1 aliphatic carbocycles. The minimum atomic E-state index is -3.41. The monoisotopic (exact) mass is 347 g/mol. The third kappa shape index (κ3) is 3.45. The summed E-state index contributed by atoms with van der Waals surface area (Å²) in [5.74, 6) is 0.862. The van der Waals surface area contributed by atoms with Crippen LogP contribution in [0.4, 0.5) is 0 Å². The van der Waals surface area contributed by atoms with Gasteiger partial charge in [0.05, 0.1) is 4.90 Å². The largest absolute Gasteiger partial charge is 0.243 e. The van der Waals surface area contributed by atoms with E-state index in [9.17, 15) is 8.42 Å². The van der Waals surface area contributed by atoms with E-state index in [1.807, 2.05) is 30.3 Å². The molecule has 3 nitrogen and oxygen atoms in total. The van der Waals surface area contributed by atoms with Crippen LogP contribution < -0.4 is 0 Å². The Hall–Kier alpha value is -1.13. The Balaban J connectivity index is 1.93. The van der Waals surface area contributed by atoms with Crippen LogP contribution >= 0.6 is 0 Å². The molecule has 1 heterocycles. The van der Waals surface area contributed by atoms with Gasteiger partial charge in [0, 0.05) is 12.6 Å². The zero-order chi connectivity index (χ0) is 17.2. The summed E-state index contributed by atoms with van der Waals surface area (Å²) in [6.45, 7) is 4.67. The molecular weight excluding hydrogens is 318 g/mol. The zero-order valence-corrected chi connectivity index (χ0v) is 15.6. The van der Waals surface area contributed by atoms with Gasteiger partial charge in [0.1, 0.15) is 0 Å². The molecule has 2 fully saturated rings. The Labute approximate surface area is 146 Å². The van der Waals surface area contributed by atoms with Crippen LogP contribution in [0.2, 0.25) is 0 Å². The molecule has 0 amide bonds. The van der Waals surface area contributed by atoms with E-state index in [0.717, 1.165) is 12.0 Å². The van der Waals surface area contributed by atoms with Crippen molar-refractivity contribution in [3.05, 3.63) is 42.0 Å². The minimum absolute atomic E-state index is 0.132. The molecule has 1 saturated heterocycles. The SMILES string of the molecule is C/C=C/[C@H]1CCN(S(=O)(=O)c2ccc(C)cc2)[C@@H]1C1CCCCC1. The van der Waals surface area contributed by atoms with Gasteiger partial charge in [-0.2, -0.15) is 4.31 Å². The first-order valence-electron chi connectivity index (χ1n) is 9.25. The molecule has 0 unspecified atom stereocenters. The van der Waals surface area contributed by atoms with E-state index in [2.05, 4.69) is 12.2 Å². The molecule has 1 aromatic rings. The molecule has 1 aromatic carbocycles. The Morgan fingerprint density at radius 1 is 1.04 bits per heavy atom. The number of hydrogen-bond donors (Lipinski definition) is 0. The molecule has 0 bridgehead atoms. The predicted molar refractivity (Wildman–Crippen MR) is 98.4 cm³/mol. The first-order valence-corrected chi connectivity index (χ1v) is 10.7. The minimum Gasteiger partial charge on any atom is -0.207 e.